The molecule has 0 aliphatic carbocycles. The first kappa shape index (κ1) is 16.9. The van der Waals surface area contributed by atoms with Gasteiger partial charge in [0.25, 0.3) is 5.91 Å². The Hall–Kier alpha value is -2.51. The molecular weight excluding hydrogens is 332 g/mol. The summed E-state index contributed by atoms with van der Waals surface area (Å²) in [6.45, 7) is 3.96. The van der Waals surface area contributed by atoms with E-state index >= 15 is 0 Å². The fourth-order valence-electron chi connectivity index (χ4n) is 3.44. The van der Waals surface area contributed by atoms with Crippen LogP contribution < -0.4 is 0 Å². The smallest absolute Gasteiger partial charge is 0.276 e. The third kappa shape index (κ3) is 3.27. The van der Waals surface area contributed by atoms with Gasteiger partial charge in [0.15, 0.2) is 5.69 Å². The largest absolute Gasteiger partial charge is 0.388 e. The lowest BCUT2D eigenvalue weighted by atomic mass is 9.98. The van der Waals surface area contributed by atoms with Crippen LogP contribution in [-0.4, -0.2) is 63.3 Å². The van der Waals surface area contributed by atoms with Crippen molar-refractivity contribution in [2.75, 3.05) is 26.3 Å². The molecule has 1 saturated heterocycles. The Balaban J connectivity index is 1.44. The molecule has 4 rings (SSSR count). The minimum absolute atomic E-state index is 0.135. The summed E-state index contributed by atoms with van der Waals surface area (Å²) < 4.78 is 6.76. The molecule has 2 aliphatic heterocycles. The maximum absolute atomic E-state index is 12.7. The highest BCUT2D eigenvalue weighted by Gasteiger charge is 2.30. The van der Waals surface area contributed by atoms with Gasteiger partial charge in [-0.2, -0.15) is 0 Å². The maximum Gasteiger partial charge on any atom is 0.276 e. The van der Waals surface area contributed by atoms with Gasteiger partial charge in [0.2, 0.25) is 0 Å². The van der Waals surface area contributed by atoms with E-state index in [2.05, 4.69) is 47.6 Å². The first-order valence-corrected chi connectivity index (χ1v) is 8.85. The summed E-state index contributed by atoms with van der Waals surface area (Å²) in [6.07, 6.45) is 3.91. The molecule has 0 bridgehead atoms. The Morgan fingerprint density at radius 2 is 2.23 bits per heavy atom. The van der Waals surface area contributed by atoms with Gasteiger partial charge in [-0.25, -0.2) is 4.68 Å². The minimum Gasteiger partial charge on any atom is -0.388 e. The van der Waals surface area contributed by atoms with E-state index in [0.29, 0.717) is 25.4 Å². The third-order valence-corrected chi connectivity index (χ3v) is 4.98. The predicted molar refractivity (Wildman–Crippen MR) is 95.6 cm³/mol. The molecule has 3 heterocycles. The number of aryl methyl sites for hydroxylation is 1. The highest BCUT2D eigenvalue weighted by Crippen LogP contribution is 2.24. The van der Waals surface area contributed by atoms with Gasteiger partial charge in [0.05, 0.1) is 19.4 Å². The van der Waals surface area contributed by atoms with Crippen molar-refractivity contribution in [3.63, 3.8) is 0 Å². The molecular formula is C19H22N4O3. The molecule has 0 saturated carbocycles. The van der Waals surface area contributed by atoms with Crippen molar-refractivity contribution in [1.82, 2.24) is 19.9 Å². The third-order valence-electron chi connectivity index (χ3n) is 4.98. The van der Waals surface area contributed by atoms with Gasteiger partial charge < -0.3 is 14.7 Å². The van der Waals surface area contributed by atoms with E-state index in [9.17, 15) is 9.90 Å². The summed E-state index contributed by atoms with van der Waals surface area (Å²) >= 11 is 0. The number of hydrogen-bond acceptors (Lipinski definition) is 5. The van der Waals surface area contributed by atoms with Crippen molar-refractivity contribution >= 4 is 11.5 Å². The standard InChI is InChI=1S/C19H22N4O3/c1-13-3-2-4-15(9-13)14-5-7-22(8-6-14)19(25)16-10-23(21-20-16)17-11-26-12-18(17)24/h2-5,9-10,17-18,24H,6-8,11-12H2,1H3/t17-,18-/m1/s1. The number of hydrogen-bond donors (Lipinski definition) is 1. The SMILES string of the molecule is Cc1cccc(C2=CCN(C(=O)c3cn([C@@H]4COC[C@H]4O)nn3)CC2)c1. The van der Waals surface area contributed by atoms with Gasteiger partial charge in [-0.3, -0.25) is 4.79 Å². The van der Waals surface area contributed by atoms with Crippen LogP contribution in [0.2, 0.25) is 0 Å². The molecule has 0 radical (unpaired) electrons. The Bertz CT molecular complexity index is 845. The Morgan fingerprint density at radius 3 is 2.92 bits per heavy atom. The second-order valence-electron chi connectivity index (χ2n) is 6.86. The molecule has 2 atom stereocenters. The highest BCUT2D eigenvalue weighted by molar-refractivity contribution is 5.92. The van der Waals surface area contributed by atoms with Crippen LogP contribution in [0.25, 0.3) is 5.57 Å². The molecule has 7 nitrogen and oxygen atoms in total. The van der Waals surface area contributed by atoms with Crippen LogP contribution >= 0.6 is 0 Å². The summed E-state index contributed by atoms with van der Waals surface area (Å²) in [6, 6.07) is 8.14. The van der Waals surface area contributed by atoms with Crippen molar-refractivity contribution in [2.24, 2.45) is 0 Å². The first-order valence-electron chi connectivity index (χ1n) is 8.85. The molecule has 7 heteroatoms. The Kier molecular flexibility index (Phi) is 4.57. The van der Waals surface area contributed by atoms with Crippen LogP contribution in [0.1, 0.15) is 34.1 Å². The van der Waals surface area contributed by atoms with E-state index in [1.54, 1.807) is 11.1 Å². The van der Waals surface area contributed by atoms with E-state index < -0.39 is 6.10 Å². The topological polar surface area (TPSA) is 80.5 Å². The number of ether oxygens (including phenoxy) is 1. The van der Waals surface area contributed by atoms with Crippen LogP contribution in [0.3, 0.4) is 0 Å². The summed E-state index contributed by atoms with van der Waals surface area (Å²) in [7, 11) is 0. The fourth-order valence-corrected chi connectivity index (χ4v) is 3.44. The quantitative estimate of drug-likeness (QED) is 0.902. The number of carbonyl (C=O) groups is 1. The molecule has 2 aliphatic rings. The van der Waals surface area contributed by atoms with E-state index in [-0.39, 0.29) is 18.6 Å². The molecule has 136 valence electrons. The van der Waals surface area contributed by atoms with Crippen LogP contribution in [0.15, 0.2) is 36.5 Å². The van der Waals surface area contributed by atoms with E-state index in [1.165, 1.54) is 21.4 Å². The minimum atomic E-state index is -0.616. The number of rotatable bonds is 3. The lowest BCUT2D eigenvalue weighted by molar-refractivity contribution is 0.0766. The molecule has 1 amide bonds. The number of benzene rings is 1. The lowest BCUT2D eigenvalue weighted by Crippen LogP contribution is -2.35. The molecule has 1 aromatic carbocycles. The normalized spacial score (nSPS) is 23.2. The van der Waals surface area contributed by atoms with E-state index in [4.69, 9.17) is 4.74 Å². The Labute approximate surface area is 151 Å². The first-order chi connectivity index (χ1) is 12.6. The number of nitrogens with zero attached hydrogens (tertiary/aromatic N) is 4. The predicted octanol–water partition coefficient (Wildman–Crippen LogP) is 1.45. The zero-order valence-corrected chi connectivity index (χ0v) is 14.7. The van der Waals surface area contributed by atoms with Crippen LogP contribution in [-0.2, 0) is 4.74 Å². The monoisotopic (exact) mass is 354 g/mol. The highest BCUT2D eigenvalue weighted by atomic mass is 16.5. The molecule has 0 unspecified atom stereocenters. The van der Waals surface area contributed by atoms with Crippen LogP contribution in [0.4, 0.5) is 0 Å². The number of aromatic nitrogens is 3. The zero-order valence-electron chi connectivity index (χ0n) is 14.7. The number of aliphatic hydroxyl groups is 1. The van der Waals surface area contributed by atoms with Gasteiger partial charge in [-0.1, -0.05) is 41.1 Å². The van der Waals surface area contributed by atoms with Gasteiger partial charge in [0.1, 0.15) is 12.1 Å². The average Bonchev–Trinajstić information content (AvgIpc) is 3.30. The van der Waals surface area contributed by atoms with Gasteiger partial charge >= 0.3 is 0 Å². The van der Waals surface area contributed by atoms with Crippen molar-refractivity contribution in [2.45, 2.75) is 25.5 Å². The van der Waals surface area contributed by atoms with Gasteiger partial charge in [-0.15, -0.1) is 5.10 Å². The zero-order chi connectivity index (χ0) is 18.1. The number of aliphatic hydroxyl groups excluding tert-OH is 1. The molecule has 1 N–H and O–H groups in total. The van der Waals surface area contributed by atoms with Crippen molar-refractivity contribution in [3.8, 4) is 0 Å². The van der Waals surface area contributed by atoms with Crippen LogP contribution in [0.5, 0.6) is 0 Å². The van der Waals surface area contributed by atoms with E-state index in [0.717, 1.165) is 6.42 Å². The van der Waals surface area contributed by atoms with Gasteiger partial charge in [-0.05, 0) is 24.5 Å². The average molecular weight is 354 g/mol. The molecule has 2 aromatic rings. The molecule has 1 aromatic heterocycles. The van der Waals surface area contributed by atoms with Crippen molar-refractivity contribution < 1.29 is 14.6 Å². The van der Waals surface area contributed by atoms with Crippen molar-refractivity contribution in [3.05, 3.63) is 53.4 Å². The fraction of sp³-hybridized carbons (Fsp3) is 0.421. The van der Waals surface area contributed by atoms with Crippen LogP contribution in [0, 0.1) is 6.92 Å². The van der Waals surface area contributed by atoms with Crippen molar-refractivity contribution in [1.29, 1.82) is 0 Å². The molecule has 0 spiro atoms. The Morgan fingerprint density at radius 1 is 1.35 bits per heavy atom. The molecule has 1 fully saturated rings. The summed E-state index contributed by atoms with van der Waals surface area (Å²) in [5, 5.41) is 17.9. The second kappa shape index (κ2) is 7.01. The summed E-state index contributed by atoms with van der Waals surface area (Å²) in [5.74, 6) is -0.135. The maximum atomic E-state index is 12.7. The number of carbonyl (C=O) groups excluding carboxylic acids is 1. The number of amides is 1. The summed E-state index contributed by atoms with van der Waals surface area (Å²) in [4.78, 5) is 14.5. The molecule has 26 heavy (non-hydrogen) atoms. The summed E-state index contributed by atoms with van der Waals surface area (Å²) in [5.41, 5.74) is 4.03. The lowest BCUT2D eigenvalue weighted by Gasteiger charge is -2.26. The van der Waals surface area contributed by atoms with Gasteiger partial charge in [0, 0.05) is 13.1 Å². The van der Waals surface area contributed by atoms with E-state index in [1.807, 2.05) is 0 Å². The second-order valence-corrected chi connectivity index (χ2v) is 6.86.